The lowest BCUT2D eigenvalue weighted by molar-refractivity contribution is -0.115. The normalized spacial score (nSPS) is 12.7. The van der Waals surface area contributed by atoms with Gasteiger partial charge >= 0.3 is 0 Å². The molecule has 0 aliphatic carbocycles. The van der Waals surface area contributed by atoms with Crippen LogP contribution in [-0.2, 0) is 11.2 Å². The zero-order chi connectivity index (χ0) is 18.8. The maximum atomic E-state index is 13.8. The Morgan fingerprint density at radius 1 is 1.11 bits per heavy atom. The van der Waals surface area contributed by atoms with Crippen LogP contribution in [0.5, 0.6) is 11.5 Å². The van der Waals surface area contributed by atoms with Gasteiger partial charge in [-0.3, -0.25) is 4.79 Å². The average molecular weight is 433 g/mol. The maximum absolute atomic E-state index is 13.8. The number of nitrogens with zero attached hydrogens (tertiary/aromatic N) is 1. The van der Waals surface area contributed by atoms with E-state index in [-0.39, 0.29) is 12.1 Å². The third kappa shape index (κ3) is 3.95. The fraction of sp³-hybridized carbons (Fsp3) is 0.158. The number of nitrogens with one attached hydrogen (secondary N) is 1. The van der Waals surface area contributed by atoms with Crippen LogP contribution >= 0.6 is 15.9 Å². The Bertz CT molecular complexity index is 1010. The van der Waals surface area contributed by atoms with Gasteiger partial charge in [-0.1, -0.05) is 21.1 Å². The van der Waals surface area contributed by atoms with Gasteiger partial charge in [0.05, 0.1) is 17.8 Å². The van der Waals surface area contributed by atoms with Crippen LogP contribution in [0.4, 0.5) is 10.1 Å². The van der Waals surface area contributed by atoms with Crippen LogP contribution in [0.25, 0.3) is 11.3 Å². The van der Waals surface area contributed by atoms with Crippen LogP contribution in [0.3, 0.4) is 0 Å². The molecule has 1 aliphatic rings. The van der Waals surface area contributed by atoms with Gasteiger partial charge in [0, 0.05) is 16.1 Å². The summed E-state index contributed by atoms with van der Waals surface area (Å²) in [7, 11) is 0. The van der Waals surface area contributed by atoms with E-state index >= 15 is 0 Å². The van der Waals surface area contributed by atoms with Crippen LogP contribution in [-0.4, -0.2) is 24.3 Å². The molecule has 0 radical (unpaired) electrons. The molecule has 1 amide bonds. The zero-order valence-corrected chi connectivity index (χ0v) is 15.6. The Kier molecular flexibility index (Phi) is 4.81. The molecule has 2 aromatic carbocycles. The van der Waals surface area contributed by atoms with Crippen LogP contribution < -0.4 is 14.8 Å². The minimum Gasteiger partial charge on any atom is -0.486 e. The van der Waals surface area contributed by atoms with Crippen molar-refractivity contribution in [3.05, 3.63) is 58.4 Å². The Hall–Kier alpha value is -2.87. The predicted molar refractivity (Wildman–Crippen MR) is 99.4 cm³/mol. The highest BCUT2D eigenvalue weighted by molar-refractivity contribution is 9.10. The van der Waals surface area contributed by atoms with E-state index in [0.29, 0.717) is 40.6 Å². The SMILES string of the molecule is O=C(Cc1cc(-c2ccc3c(c2)OCCO3)on1)Nc1ccc(Br)cc1F. The molecule has 0 bridgehead atoms. The summed E-state index contributed by atoms with van der Waals surface area (Å²) in [6, 6.07) is 11.5. The molecule has 27 heavy (non-hydrogen) atoms. The van der Waals surface area contributed by atoms with Crippen molar-refractivity contribution in [3.63, 3.8) is 0 Å². The smallest absolute Gasteiger partial charge is 0.230 e. The van der Waals surface area contributed by atoms with Crippen molar-refractivity contribution in [2.24, 2.45) is 0 Å². The monoisotopic (exact) mass is 432 g/mol. The van der Waals surface area contributed by atoms with Gasteiger partial charge in [-0.2, -0.15) is 0 Å². The van der Waals surface area contributed by atoms with Crippen molar-refractivity contribution in [3.8, 4) is 22.8 Å². The summed E-state index contributed by atoms with van der Waals surface area (Å²) in [5.41, 5.74) is 1.31. The molecule has 1 aromatic heterocycles. The number of halogens is 2. The number of hydrogen-bond donors (Lipinski definition) is 1. The van der Waals surface area contributed by atoms with E-state index in [4.69, 9.17) is 14.0 Å². The molecule has 6 nitrogen and oxygen atoms in total. The third-order valence-electron chi connectivity index (χ3n) is 3.93. The number of aromatic nitrogens is 1. The summed E-state index contributed by atoms with van der Waals surface area (Å²) in [6.45, 7) is 1.01. The molecule has 8 heteroatoms. The molecular formula is C19H14BrFN2O4. The third-order valence-corrected chi connectivity index (χ3v) is 4.43. The van der Waals surface area contributed by atoms with Gasteiger partial charge in [0.1, 0.15) is 19.0 Å². The lowest BCUT2D eigenvalue weighted by Crippen LogP contribution is -2.15. The summed E-state index contributed by atoms with van der Waals surface area (Å²) in [5, 5.41) is 6.44. The highest BCUT2D eigenvalue weighted by Crippen LogP contribution is 2.34. The summed E-state index contributed by atoms with van der Waals surface area (Å²) >= 11 is 3.17. The molecule has 0 fully saturated rings. The van der Waals surface area contributed by atoms with Crippen molar-refractivity contribution in [2.75, 3.05) is 18.5 Å². The largest absolute Gasteiger partial charge is 0.486 e. The molecule has 0 saturated carbocycles. The summed E-state index contributed by atoms with van der Waals surface area (Å²) < 4.78 is 30.8. The number of carbonyl (C=O) groups is 1. The lowest BCUT2D eigenvalue weighted by Gasteiger charge is -2.18. The molecule has 2 heterocycles. The van der Waals surface area contributed by atoms with E-state index in [1.165, 1.54) is 12.1 Å². The van der Waals surface area contributed by atoms with E-state index in [2.05, 4.69) is 26.4 Å². The number of rotatable bonds is 4. The summed E-state index contributed by atoms with van der Waals surface area (Å²) in [4.78, 5) is 12.1. The first kappa shape index (κ1) is 17.5. The molecule has 0 unspecified atom stereocenters. The Morgan fingerprint density at radius 3 is 2.74 bits per heavy atom. The number of anilines is 1. The van der Waals surface area contributed by atoms with E-state index in [1.54, 1.807) is 24.3 Å². The quantitative estimate of drug-likeness (QED) is 0.668. The Labute approximate surface area is 162 Å². The van der Waals surface area contributed by atoms with E-state index in [1.807, 2.05) is 6.07 Å². The van der Waals surface area contributed by atoms with Crippen molar-refractivity contribution >= 4 is 27.5 Å². The highest BCUT2D eigenvalue weighted by atomic mass is 79.9. The number of carbonyl (C=O) groups excluding carboxylic acids is 1. The first-order valence-corrected chi connectivity index (χ1v) is 8.98. The Balaban J connectivity index is 1.45. The number of fused-ring (bicyclic) bond motifs is 1. The van der Waals surface area contributed by atoms with Crippen molar-refractivity contribution < 1.29 is 23.2 Å². The molecule has 0 spiro atoms. The highest BCUT2D eigenvalue weighted by Gasteiger charge is 2.16. The van der Waals surface area contributed by atoms with Crippen LogP contribution in [0.2, 0.25) is 0 Å². The first-order valence-electron chi connectivity index (χ1n) is 8.19. The molecule has 0 saturated heterocycles. The van der Waals surface area contributed by atoms with Crippen molar-refractivity contribution in [2.45, 2.75) is 6.42 Å². The molecule has 1 N–H and O–H groups in total. The number of benzene rings is 2. The van der Waals surface area contributed by atoms with Gasteiger partial charge in [-0.25, -0.2) is 4.39 Å². The van der Waals surface area contributed by atoms with Crippen molar-refractivity contribution in [1.29, 1.82) is 0 Å². The number of hydrogen-bond acceptors (Lipinski definition) is 5. The van der Waals surface area contributed by atoms with Crippen molar-refractivity contribution in [1.82, 2.24) is 5.16 Å². The zero-order valence-electron chi connectivity index (χ0n) is 14.0. The minimum absolute atomic E-state index is 0.0381. The van der Waals surface area contributed by atoms with E-state index in [0.717, 1.165) is 5.56 Å². The average Bonchev–Trinajstić information content (AvgIpc) is 3.12. The summed E-state index contributed by atoms with van der Waals surface area (Å²) in [5.74, 6) is 0.915. The van der Waals surface area contributed by atoms with Gasteiger partial charge in [0.25, 0.3) is 0 Å². The lowest BCUT2D eigenvalue weighted by atomic mass is 10.1. The second-order valence-electron chi connectivity index (χ2n) is 5.89. The molecule has 1 aliphatic heterocycles. The molecule has 138 valence electrons. The van der Waals surface area contributed by atoms with Gasteiger partial charge in [0.15, 0.2) is 17.3 Å². The van der Waals surface area contributed by atoms with Gasteiger partial charge < -0.3 is 19.3 Å². The molecule has 0 atom stereocenters. The van der Waals surface area contributed by atoms with Gasteiger partial charge in [0.2, 0.25) is 5.91 Å². The molecule has 4 rings (SSSR count). The maximum Gasteiger partial charge on any atom is 0.230 e. The Morgan fingerprint density at radius 2 is 1.93 bits per heavy atom. The fourth-order valence-corrected chi connectivity index (χ4v) is 3.01. The summed E-state index contributed by atoms with van der Waals surface area (Å²) in [6.07, 6.45) is -0.0381. The van der Waals surface area contributed by atoms with Gasteiger partial charge in [-0.05, 0) is 36.4 Å². The fourth-order valence-electron chi connectivity index (χ4n) is 2.68. The first-order chi connectivity index (χ1) is 13.1. The second-order valence-corrected chi connectivity index (χ2v) is 6.81. The molecular weight excluding hydrogens is 419 g/mol. The van der Waals surface area contributed by atoms with Crippen LogP contribution in [0, 0.1) is 5.82 Å². The standard InChI is InChI=1S/C19H14BrFN2O4/c20-12-2-3-15(14(21)8-12)22-19(24)10-13-9-17(27-23-13)11-1-4-16-18(7-11)26-6-5-25-16/h1-4,7-9H,5-6,10H2,(H,22,24). The minimum atomic E-state index is -0.519. The topological polar surface area (TPSA) is 73.6 Å². The van der Waals surface area contributed by atoms with Gasteiger partial charge in [-0.15, -0.1) is 0 Å². The number of ether oxygens (including phenoxy) is 2. The second kappa shape index (κ2) is 7.40. The molecule has 3 aromatic rings. The van der Waals surface area contributed by atoms with E-state index in [9.17, 15) is 9.18 Å². The van der Waals surface area contributed by atoms with Crippen LogP contribution in [0.1, 0.15) is 5.69 Å². The van der Waals surface area contributed by atoms with E-state index < -0.39 is 11.7 Å². The predicted octanol–water partition coefficient (Wildman–Crippen LogP) is 4.20. The van der Waals surface area contributed by atoms with Crippen LogP contribution in [0.15, 0.2) is 51.5 Å². The number of amides is 1.